The zero-order valence-electron chi connectivity index (χ0n) is 9.45. The largest absolute Gasteiger partial charge is 0.397 e. The molecule has 1 aromatic heterocycles. The van der Waals surface area contributed by atoms with Crippen LogP contribution in [0.4, 0.5) is 11.4 Å². The van der Waals surface area contributed by atoms with Gasteiger partial charge in [-0.25, -0.2) is 0 Å². The van der Waals surface area contributed by atoms with Crippen LogP contribution in [0.5, 0.6) is 0 Å². The fraction of sp³-hybridized carbons (Fsp3) is 0.0909. The fourth-order valence-corrected chi connectivity index (χ4v) is 1.77. The van der Waals surface area contributed by atoms with Gasteiger partial charge in [-0.2, -0.15) is 5.10 Å². The maximum Gasteiger partial charge on any atom is 0.255 e. The molecule has 0 spiro atoms. The van der Waals surface area contributed by atoms with E-state index in [1.807, 2.05) is 0 Å². The molecule has 2 rings (SSSR count). The maximum absolute atomic E-state index is 11.9. The number of nitrogen functional groups attached to an aromatic ring is 1. The molecule has 0 fully saturated rings. The normalized spacial score (nSPS) is 10.4. The molecule has 0 atom stereocenters. The number of halogens is 2. The van der Waals surface area contributed by atoms with Crippen LogP contribution in [-0.4, -0.2) is 15.7 Å². The predicted molar refractivity (Wildman–Crippen MR) is 72.0 cm³/mol. The van der Waals surface area contributed by atoms with Crippen LogP contribution in [0, 0.1) is 0 Å². The van der Waals surface area contributed by atoms with Crippen molar-refractivity contribution in [2.75, 3.05) is 11.1 Å². The first-order chi connectivity index (χ1) is 8.47. The average Bonchev–Trinajstić information content (AvgIpc) is 2.71. The summed E-state index contributed by atoms with van der Waals surface area (Å²) in [5.41, 5.74) is 6.84. The van der Waals surface area contributed by atoms with Crippen LogP contribution in [0.2, 0.25) is 10.0 Å². The molecule has 5 nitrogen and oxygen atoms in total. The Labute approximate surface area is 113 Å². The van der Waals surface area contributed by atoms with Crippen LogP contribution < -0.4 is 11.1 Å². The Morgan fingerprint density at radius 2 is 2.17 bits per heavy atom. The van der Waals surface area contributed by atoms with Crippen LogP contribution in [0.25, 0.3) is 0 Å². The standard InChI is InChI=1S/C11H10Cl2N4O/c1-17-5-7(4-15-17)16-11(18)6-2-8(12)10(13)9(14)3-6/h2-5H,14H2,1H3,(H,16,18). The smallest absolute Gasteiger partial charge is 0.255 e. The molecule has 0 saturated carbocycles. The van der Waals surface area contributed by atoms with E-state index < -0.39 is 0 Å². The van der Waals surface area contributed by atoms with E-state index in [9.17, 15) is 4.79 Å². The number of rotatable bonds is 2. The van der Waals surface area contributed by atoms with Gasteiger partial charge >= 0.3 is 0 Å². The molecule has 2 aromatic rings. The van der Waals surface area contributed by atoms with Crippen LogP contribution in [-0.2, 0) is 7.05 Å². The second-order valence-electron chi connectivity index (χ2n) is 3.72. The summed E-state index contributed by atoms with van der Waals surface area (Å²) in [6.07, 6.45) is 3.22. The summed E-state index contributed by atoms with van der Waals surface area (Å²) in [4.78, 5) is 11.9. The fourth-order valence-electron chi connectivity index (χ4n) is 1.43. The van der Waals surface area contributed by atoms with Gasteiger partial charge in [-0.15, -0.1) is 0 Å². The van der Waals surface area contributed by atoms with E-state index in [1.54, 1.807) is 24.1 Å². The van der Waals surface area contributed by atoms with E-state index in [4.69, 9.17) is 28.9 Å². The zero-order valence-corrected chi connectivity index (χ0v) is 11.0. The summed E-state index contributed by atoms with van der Waals surface area (Å²) in [6, 6.07) is 2.94. The minimum absolute atomic E-state index is 0.244. The lowest BCUT2D eigenvalue weighted by molar-refractivity contribution is 0.102. The van der Waals surface area contributed by atoms with Gasteiger partial charge in [-0.05, 0) is 12.1 Å². The van der Waals surface area contributed by atoms with Crippen molar-refractivity contribution in [1.29, 1.82) is 0 Å². The van der Waals surface area contributed by atoms with Gasteiger partial charge in [0.2, 0.25) is 0 Å². The topological polar surface area (TPSA) is 72.9 Å². The van der Waals surface area contributed by atoms with Crippen molar-refractivity contribution in [1.82, 2.24) is 9.78 Å². The Morgan fingerprint density at radius 3 is 2.72 bits per heavy atom. The highest BCUT2D eigenvalue weighted by Gasteiger charge is 2.12. The van der Waals surface area contributed by atoms with Crippen LogP contribution in [0.3, 0.4) is 0 Å². The summed E-state index contributed by atoms with van der Waals surface area (Å²) in [5, 5.41) is 7.10. The number of aromatic nitrogens is 2. The van der Waals surface area contributed by atoms with Crippen molar-refractivity contribution in [3.8, 4) is 0 Å². The molecule has 0 unspecified atom stereocenters. The summed E-state index contributed by atoms with van der Waals surface area (Å²) >= 11 is 11.7. The summed E-state index contributed by atoms with van der Waals surface area (Å²) in [5.74, 6) is -0.326. The molecular formula is C11H10Cl2N4O. The van der Waals surface area contributed by atoms with Crippen molar-refractivity contribution >= 4 is 40.5 Å². The SMILES string of the molecule is Cn1cc(NC(=O)c2cc(N)c(Cl)c(Cl)c2)cn1. The molecule has 94 valence electrons. The molecular weight excluding hydrogens is 275 g/mol. The molecule has 1 amide bonds. The van der Waals surface area contributed by atoms with Gasteiger partial charge in [0.25, 0.3) is 5.91 Å². The molecule has 0 aliphatic rings. The van der Waals surface area contributed by atoms with Crippen LogP contribution in [0.1, 0.15) is 10.4 Å². The third-order valence-electron chi connectivity index (χ3n) is 2.28. The molecule has 3 N–H and O–H groups in total. The van der Waals surface area contributed by atoms with Gasteiger partial charge in [0.05, 0.1) is 27.6 Å². The average molecular weight is 285 g/mol. The monoisotopic (exact) mass is 284 g/mol. The molecule has 1 aromatic carbocycles. The molecule has 0 aliphatic heterocycles. The molecule has 0 aliphatic carbocycles. The van der Waals surface area contributed by atoms with Crippen molar-refractivity contribution in [3.63, 3.8) is 0 Å². The highest BCUT2D eigenvalue weighted by molar-refractivity contribution is 6.44. The minimum Gasteiger partial charge on any atom is -0.397 e. The maximum atomic E-state index is 11.9. The molecule has 0 radical (unpaired) electrons. The second-order valence-corrected chi connectivity index (χ2v) is 4.50. The zero-order chi connectivity index (χ0) is 13.3. The van der Waals surface area contributed by atoms with Gasteiger partial charge in [0.15, 0.2) is 0 Å². The van der Waals surface area contributed by atoms with Crippen molar-refractivity contribution < 1.29 is 4.79 Å². The van der Waals surface area contributed by atoms with E-state index in [1.165, 1.54) is 12.1 Å². The van der Waals surface area contributed by atoms with Crippen molar-refractivity contribution in [3.05, 3.63) is 40.1 Å². The summed E-state index contributed by atoms with van der Waals surface area (Å²) < 4.78 is 1.58. The number of anilines is 2. The highest BCUT2D eigenvalue weighted by atomic mass is 35.5. The number of carbonyl (C=O) groups is 1. The molecule has 1 heterocycles. The lowest BCUT2D eigenvalue weighted by Crippen LogP contribution is -2.12. The molecule has 0 saturated heterocycles. The van der Waals surface area contributed by atoms with Gasteiger partial charge in [-0.1, -0.05) is 23.2 Å². The second kappa shape index (κ2) is 4.88. The van der Waals surface area contributed by atoms with E-state index in [-0.39, 0.29) is 21.6 Å². The quantitative estimate of drug-likeness (QED) is 0.833. The van der Waals surface area contributed by atoms with E-state index in [2.05, 4.69) is 10.4 Å². The first-order valence-electron chi connectivity index (χ1n) is 5.02. The van der Waals surface area contributed by atoms with Gasteiger partial charge in [0.1, 0.15) is 0 Å². The first-order valence-corrected chi connectivity index (χ1v) is 5.77. The molecule has 18 heavy (non-hydrogen) atoms. The number of hydrogen-bond acceptors (Lipinski definition) is 3. The third kappa shape index (κ3) is 2.57. The Morgan fingerprint density at radius 1 is 1.44 bits per heavy atom. The van der Waals surface area contributed by atoms with E-state index in [0.29, 0.717) is 11.3 Å². The van der Waals surface area contributed by atoms with Crippen molar-refractivity contribution in [2.45, 2.75) is 0 Å². The lowest BCUT2D eigenvalue weighted by Gasteiger charge is -2.06. The molecule has 0 bridgehead atoms. The minimum atomic E-state index is -0.326. The van der Waals surface area contributed by atoms with Gasteiger partial charge in [-0.3, -0.25) is 9.48 Å². The number of carbonyl (C=O) groups excluding carboxylic acids is 1. The van der Waals surface area contributed by atoms with Crippen molar-refractivity contribution in [2.24, 2.45) is 7.05 Å². The number of nitrogens with zero attached hydrogens (tertiary/aromatic N) is 2. The molecule has 7 heteroatoms. The number of nitrogens with two attached hydrogens (primary N) is 1. The number of benzene rings is 1. The van der Waals surface area contributed by atoms with E-state index in [0.717, 1.165) is 0 Å². The number of hydrogen-bond donors (Lipinski definition) is 2. The number of aryl methyl sites for hydroxylation is 1. The summed E-state index contributed by atoms with van der Waals surface area (Å²) in [6.45, 7) is 0. The Bertz CT molecular complexity index is 586. The number of amides is 1. The van der Waals surface area contributed by atoms with Gasteiger partial charge < -0.3 is 11.1 Å². The van der Waals surface area contributed by atoms with Crippen LogP contribution in [0.15, 0.2) is 24.5 Å². The lowest BCUT2D eigenvalue weighted by atomic mass is 10.2. The Hall–Kier alpha value is -1.72. The Balaban J connectivity index is 2.24. The summed E-state index contributed by atoms with van der Waals surface area (Å²) in [7, 11) is 1.76. The Kier molecular flexibility index (Phi) is 3.45. The third-order valence-corrected chi connectivity index (χ3v) is 3.10. The van der Waals surface area contributed by atoms with E-state index >= 15 is 0 Å². The predicted octanol–water partition coefficient (Wildman–Crippen LogP) is 2.56. The van der Waals surface area contributed by atoms with Gasteiger partial charge in [0, 0.05) is 18.8 Å². The highest BCUT2D eigenvalue weighted by Crippen LogP contribution is 2.29. The number of nitrogens with one attached hydrogen (secondary N) is 1. The van der Waals surface area contributed by atoms with Crippen LogP contribution >= 0.6 is 23.2 Å². The first kappa shape index (κ1) is 12.7.